The zero-order valence-corrected chi connectivity index (χ0v) is 13.3. The van der Waals surface area contributed by atoms with Gasteiger partial charge in [-0.2, -0.15) is 0 Å². The average Bonchev–Trinajstić information content (AvgIpc) is 2.50. The quantitative estimate of drug-likeness (QED) is 0.641. The van der Waals surface area contributed by atoms with Crippen LogP contribution in [0, 0.1) is 13.8 Å². The molecule has 112 valence electrons. The van der Waals surface area contributed by atoms with Gasteiger partial charge in [-0.15, -0.1) is 0 Å². The monoisotopic (exact) mass is 314 g/mol. The van der Waals surface area contributed by atoms with Gasteiger partial charge in [0, 0.05) is 10.4 Å². The molecular formula is C18H15ClO3. The molecule has 0 unspecified atom stereocenters. The highest BCUT2D eigenvalue weighted by atomic mass is 35.5. The number of ether oxygens (including phenoxy) is 1. The summed E-state index contributed by atoms with van der Waals surface area (Å²) in [7, 11) is 1.61. The fraction of sp³-hybridized carbons (Fsp3) is 0.167. The molecule has 0 saturated heterocycles. The van der Waals surface area contributed by atoms with Crippen LogP contribution in [0.3, 0.4) is 0 Å². The van der Waals surface area contributed by atoms with Crippen molar-refractivity contribution < 1.29 is 9.15 Å². The van der Waals surface area contributed by atoms with Crippen molar-refractivity contribution in [2.24, 2.45) is 0 Å². The van der Waals surface area contributed by atoms with Gasteiger partial charge in [-0.3, -0.25) is 0 Å². The molecule has 0 atom stereocenters. The maximum absolute atomic E-state index is 12.4. The molecule has 0 N–H and O–H groups in total. The number of hydrogen-bond donors (Lipinski definition) is 0. The Hall–Kier alpha value is -2.26. The average molecular weight is 315 g/mol. The number of halogens is 1. The highest BCUT2D eigenvalue weighted by Gasteiger charge is 2.14. The first-order valence-electron chi connectivity index (χ1n) is 6.89. The molecule has 0 spiro atoms. The molecular weight excluding hydrogens is 300 g/mol. The summed E-state index contributed by atoms with van der Waals surface area (Å²) < 4.78 is 10.6. The van der Waals surface area contributed by atoms with Gasteiger partial charge in [-0.05, 0) is 54.8 Å². The second-order valence-corrected chi connectivity index (χ2v) is 5.62. The summed E-state index contributed by atoms with van der Waals surface area (Å²) in [5.74, 6) is 0.741. The van der Waals surface area contributed by atoms with Gasteiger partial charge in [-0.1, -0.05) is 23.7 Å². The topological polar surface area (TPSA) is 39.4 Å². The molecule has 0 amide bonds. The largest absolute Gasteiger partial charge is 0.497 e. The van der Waals surface area contributed by atoms with Gasteiger partial charge < -0.3 is 9.15 Å². The minimum atomic E-state index is -0.350. The second-order valence-electron chi connectivity index (χ2n) is 5.22. The molecule has 4 heteroatoms. The third-order valence-electron chi connectivity index (χ3n) is 3.83. The molecule has 3 nitrogen and oxygen atoms in total. The SMILES string of the molecule is COc1ccc(-c2c(C)c3cc(Cl)c(C)cc3oc2=O)cc1. The lowest BCUT2D eigenvalue weighted by atomic mass is 9.99. The van der Waals surface area contributed by atoms with Gasteiger partial charge >= 0.3 is 5.63 Å². The van der Waals surface area contributed by atoms with Crippen LogP contribution < -0.4 is 10.4 Å². The minimum Gasteiger partial charge on any atom is -0.497 e. The summed E-state index contributed by atoms with van der Waals surface area (Å²) in [4.78, 5) is 12.4. The van der Waals surface area contributed by atoms with E-state index in [0.717, 1.165) is 27.8 Å². The fourth-order valence-corrected chi connectivity index (χ4v) is 2.73. The van der Waals surface area contributed by atoms with Gasteiger partial charge in [0.25, 0.3) is 0 Å². The van der Waals surface area contributed by atoms with Crippen LogP contribution >= 0.6 is 11.6 Å². The van der Waals surface area contributed by atoms with Gasteiger partial charge in [-0.25, -0.2) is 4.79 Å². The molecule has 1 heterocycles. The number of rotatable bonds is 2. The standard InChI is InChI=1S/C18H15ClO3/c1-10-8-16-14(9-15(10)19)11(2)17(18(20)22-16)12-4-6-13(21-3)7-5-12/h4-9H,1-3H3. The zero-order chi connectivity index (χ0) is 15.9. The zero-order valence-electron chi connectivity index (χ0n) is 12.6. The predicted octanol–water partition coefficient (Wildman–Crippen LogP) is 4.74. The highest BCUT2D eigenvalue weighted by Crippen LogP contribution is 2.30. The molecule has 22 heavy (non-hydrogen) atoms. The van der Waals surface area contributed by atoms with Gasteiger partial charge in [0.05, 0.1) is 12.7 Å². The van der Waals surface area contributed by atoms with Crippen LogP contribution in [0.15, 0.2) is 45.6 Å². The fourth-order valence-electron chi connectivity index (χ4n) is 2.56. The number of fused-ring (bicyclic) bond motifs is 1. The molecule has 0 aliphatic heterocycles. The van der Waals surface area contributed by atoms with Crippen LogP contribution in [0.2, 0.25) is 5.02 Å². The summed E-state index contributed by atoms with van der Waals surface area (Å²) in [5, 5.41) is 1.51. The van der Waals surface area contributed by atoms with Gasteiger partial charge in [0.2, 0.25) is 0 Å². The maximum Gasteiger partial charge on any atom is 0.344 e. The van der Waals surface area contributed by atoms with E-state index in [9.17, 15) is 4.79 Å². The van der Waals surface area contributed by atoms with Crippen molar-refractivity contribution in [2.45, 2.75) is 13.8 Å². The van der Waals surface area contributed by atoms with E-state index < -0.39 is 0 Å². The summed E-state index contributed by atoms with van der Waals surface area (Å²) in [6, 6.07) is 11.0. The first-order valence-corrected chi connectivity index (χ1v) is 7.27. The van der Waals surface area contributed by atoms with Gasteiger partial charge in [0.1, 0.15) is 11.3 Å². The molecule has 0 aliphatic carbocycles. The van der Waals surface area contributed by atoms with E-state index in [1.54, 1.807) is 13.2 Å². The summed E-state index contributed by atoms with van der Waals surface area (Å²) in [5.41, 5.74) is 3.30. The van der Waals surface area contributed by atoms with Crippen molar-refractivity contribution in [3.63, 3.8) is 0 Å². The van der Waals surface area contributed by atoms with E-state index >= 15 is 0 Å². The maximum atomic E-state index is 12.4. The Balaban J connectivity index is 2.29. The summed E-state index contributed by atoms with van der Waals surface area (Å²) in [6.07, 6.45) is 0. The number of benzene rings is 2. The first-order chi connectivity index (χ1) is 10.5. The Bertz CT molecular complexity index is 908. The molecule has 0 bridgehead atoms. The lowest BCUT2D eigenvalue weighted by Crippen LogP contribution is -2.06. The molecule has 1 aromatic heterocycles. The first kappa shape index (κ1) is 14.7. The van der Waals surface area contributed by atoms with E-state index in [0.29, 0.717) is 16.2 Å². The van der Waals surface area contributed by atoms with Crippen molar-refractivity contribution in [1.82, 2.24) is 0 Å². The van der Waals surface area contributed by atoms with Crippen LogP contribution in [0.1, 0.15) is 11.1 Å². The Morgan fingerprint density at radius 1 is 1.09 bits per heavy atom. The lowest BCUT2D eigenvalue weighted by molar-refractivity contribution is 0.415. The molecule has 0 radical (unpaired) electrons. The molecule has 2 aromatic carbocycles. The van der Waals surface area contributed by atoms with E-state index in [1.165, 1.54) is 0 Å². The van der Waals surface area contributed by atoms with Gasteiger partial charge in [0.15, 0.2) is 0 Å². The molecule has 0 fully saturated rings. The Morgan fingerprint density at radius 2 is 1.77 bits per heavy atom. The lowest BCUT2D eigenvalue weighted by Gasteiger charge is -2.10. The summed E-state index contributed by atoms with van der Waals surface area (Å²) in [6.45, 7) is 3.79. The molecule has 3 aromatic rings. The molecule has 0 saturated carbocycles. The third kappa shape index (κ3) is 2.38. The summed E-state index contributed by atoms with van der Waals surface area (Å²) >= 11 is 6.20. The van der Waals surface area contributed by atoms with Crippen molar-refractivity contribution >= 4 is 22.6 Å². The van der Waals surface area contributed by atoms with Crippen molar-refractivity contribution in [2.75, 3.05) is 7.11 Å². The van der Waals surface area contributed by atoms with Crippen LogP contribution in [0.25, 0.3) is 22.1 Å². The second kappa shape index (κ2) is 5.50. The van der Waals surface area contributed by atoms with Crippen LogP contribution in [0.4, 0.5) is 0 Å². The number of hydrogen-bond acceptors (Lipinski definition) is 3. The Kier molecular flexibility index (Phi) is 3.67. The predicted molar refractivity (Wildman–Crippen MR) is 89.0 cm³/mol. The van der Waals surface area contributed by atoms with Crippen molar-refractivity contribution in [3.05, 3.63) is 63.0 Å². The normalized spacial score (nSPS) is 10.9. The van der Waals surface area contributed by atoms with Crippen molar-refractivity contribution in [3.8, 4) is 16.9 Å². The number of aryl methyl sites for hydroxylation is 2. The van der Waals surface area contributed by atoms with E-state index in [4.69, 9.17) is 20.8 Å². The van der Waals surface area contributed by atoms with Crippen molar-refractivity contribution in [1.29, 1.82) is 0 Å². The third-order valence-corrected chi connectivity index (χ3v) is 4.23. The van der Waals surface area contributed by atoms with Crippen LogP contribution in [-0.2, 0) is 0 Å². The van der Waals surface area contributed by atoms with Crippen LogP contribution in [-0.4, -0.2) is 7.11 Å². The Morgan fingerprint density at radius 3 is 2.41 bits per heavy atom. The van der Waals surface area contributed by atoms with Crippen LogP contribution in [0.5, 0.6) is 5.75 Å². The Labute approximate surface area is 133 Å². The minimum absolute atomic E-state index is 0.350. The van der Waals surface area contributed by atoms with E-state index in [1.807, 2.05) is 44.2 Å². The smallest absolute Gasteiger partial charge is 0.344 e. The molecule has 3 rings (SSSR count). The van der Waals surface area contributed by atoms with E-state index in [2.05, 4.69) is 0 Å². The molecule has 0 aliphatic rings. The number of methoxy groups -OCH3 is 1. The highest BCUT2D eigenvalue weighted by molar-refractivity contribution is 6.32. The van der Waals surface area contributed by atoms with E-state index in [-0.39, 0.29) is 5.63 Å².